The van der Waals surface area contributed by atoms with Crippen LogP contribution in [0.25, 0.3) is 21.9 Å². The van der Waals surface area contributed by atoms with Gasteiger partial charge in [0.25, 0.3) is 5.56 Å². The largest absolute Gasteiger partial charge is 0.508 e. The number of methoxy groups -OCH3 is 1. The van der Waals surface area contributed by atoms with Crippen LogP contribution in [0.1, 0.15) is 54.1 Å². The van der Waals surface area contributed by atoms with Crippen molar-refractivity contribution in [1.82, 2.24) is 9.78 Å². The molecule has 0 radical (unpaired) electrons. The Morgan fingerprint density at radius 1 is 0.886 bits per heavy atom. The standard InChI is InChI=1S/C33H23ClN2O8/c1-13-20(37)10-18-24(27(13)38)31(42)26-25(28(18)39)30(41)23-17(32(26)44-2)8-7-14-9-16-11-35-36(12-15-5-3-4-6-19(15)34)33(43)22(16)29(40)21(14)23/h3-6,9-11,37-38,40-41H,7-8,12H2,1-2H3. The normalized spacial score (nSPS) is 13.3. The van der Waals surface area contributed by atoms with E-state index < -0.39 is 40.1 Å². The van der Waals surface area contributed by atoms with Gasteiger partial charge in [-0.15, -0.1) is 0 Å². The molecule has 5 aromatic rings. The molecule has 1 aromatic heterocycles. The molecule has 0 aliphatic heterocycles. The third-order valence-electron chi connectivity index (χ3n) is 8.55. The minimum absolute atomic E-state index is 0.0120. The average molecular weight is 611 g/mol. The molecule has 4 N–H and O–H groups in total. The molecular formula is C33H23ClN2O8. The number of hydrogen-bond donors (Lipinski definition) is 4. The second kappa shape index (κ2) is 9.58. The summed E-state index contributed by atoms with van der Waals surface area (Å²) in [5, 5.41) is 49.5. The molecular weight excluding hydrogens is 588 g/mol. The van der Waals surface area contributed by atoms with Crippen molar-refractivity contribution in [3.05, 3.63) is 102 Å². The van der Waals surface area contributed by atoms with E-state index in [2.05, 4.69) is 5.10 Å². The zero-order chi connectivity index (χ0) is 31.2. The number of rotatable bonds is 3. The molecule has 11 heteroatoms. The molecule has 4 aromatic carbocycles. The highest BCUT2D eigenvalue weighted by atomic mass is 35.5. The first-order valence-corrected chi connectivity index (χ1v) is 14.0. The third kappa shape index (κ3) is 3.61. The Morgan fingerprint density at radius 2 is 1.64 bits per heavy atom. The second-order valence-corrected chi connectivity index (χ2v) is 11.3. The minimum atomic E-state index is -0.822. The number of phenolic OH excluding ortho intramolecular Hbond substituents is 4. The van der Waals surface area contributed by atoms with Crippen LogP contribution in [0.15, 0.2) is 47.4 Å². The molecule has 0 bridgehead atoms. The van der Waals surface area contributed by atoms with E-state index in [1.54, 1.807) is 30.3 Å². The van der Waals surface area contributed by atoms with E-state index in [1.165, 1.54) is 24.9 Å². The number of ketones is 2. The lowest BCUT2D eigenvalue weighted by Gasteiger charge is -2.29. The van der Waals surface area contributed by atoms with Crippen molar-refractivity contribution in [3.8, 4) is 39.9 Å². The summed E-state index contributed by atoms with van der Waals surface area (Å²) in [6.07, 6.45) is 2.08. The van der Waals surface area contributed by atoms with Gasteiger partial charge >= 0.3 is 0 Å². The summed E-state index contributed by atoms with van der Waals surface area (Å²) in [5.41, 5.74) is 0.00858. The van der Waals surface area contributed by atoms with Crippen LogP contribution in [0, 0.1) is 6.92 Å². The fraction of sp³-hybridized carbons (Fsp3) is 0.152. The Hall–Kier alpha value is -5.35. The van der Waals surface area contributed by atoms with E-state index in [4.69, 9.17) is 16.3 Å². The van der Waals surface area contributed by atoms with Gasteiger partial charge in [0.15, 0.2) is 5.78 Å². The van der Waals surface area contributed by atoms with E-state index in [9.17, 15) is 34.8 Å². The predicted molar refractivity (Wildman–Crippen MR) is 161 cm³/mol. The zero-order valence-corrected chi connectivity index (χ0v) is 24.1. The average Bonchev–Trinajstić information content (AvgIpc) is 3.00. The van der Waals surface area contributed by atoms with Crippen LogP contribution >= 0.6 is 11.6 Å². The molecule has 2 aliphatic carbocycles. The second-order valence-electron chi connectivity index (χ2n) is 10.9. The van der Waals surface area contributed by atoms with E-state index >= 15 is 0 Å². The molecule has 0 fully saturated rings. The van der Waals surface area contributed by atoms with Gasteiger partial charge < -0.3 is 25.2 Å². The lowest BCUT2D eigenvalue weighted by atomic mass is 9.75. The summed E-state index contributed by atoms with van der Waals surface area (Å²) in [6.45, 7) is 1.45. The number of carbonyl (C=O) groups is 2. The SMILES string of the molecule is COc1c2c(c(O)c3c1C(=O)c1c(cc(O)c(C)c1O)C3=O)-c1c(cc3cnn(Cc4ccccc4Cl)c(=O)c3c1O)CC2. The topological polar surface area (TPSA) is 159 Å². The summed E-state index contributed by atoms with van der Waals surface area (Å²) in [6, 6.07) is 9.78. The molecule has 0 atom stereocenters. The molecule has 44 heavy (non-hydrogen) atoms. The van der Waals surface area contributed by atoms with Crippen molar-refractivity contribution < 1.29 is 34.8 Å². The summed E-state index contributed by atoms with van der Waals surface area (Å²) < 4.78 is 6.84. The highest BCUT2D eigenvalue weighted by Gasteiger charge is 2.42. The predicted octanol–water partition coefficient (Wildman–Crippen LogP) is 4.78. The van der Waals surface area contributed by atoms with Gasteiger partial charge in [-0.1, -0.05) is 29.8 Å². The number of hydrogen-bond acceptors (Lipinski definition) is 9. The molecule has 7 rings (SSSR count). The highest BCUT2D eigenvalue weighted by Crippen LogP contribution is 2.54. The van der Waals surface area contributed by atoms with Crippen molar-refractivity contribution in [2.24, 2.45) is 0 Å². The van der Waals surface area contributed by atoms with Gasteiger partial charge in [0.2, 0.25) is 5.78 Å². The van der Waals surface area contributed by atoms with Gasteiger partial charge in [0.1, 0.15) is 28.7 Å². The van der Waals surface area contributed by atoms with E-state index in [0.717, 1.165) is 6.07 Å². The number of aromatic hydroxyl groups is 4. The number of nitrogens with zero attached hydrogens (tertiary/aromatic N) is 2. The Bertz CT molecular complexity index is 2220. The van der Waals surface area contributed by atoms with Crippen molar-refractivity contribution in [1.29, 1.82) is 0 Å². The first-order valence-electron chi connectivity index (χ1n) is 13.6. The third-order valence-corrected chi connectivity index (χ3v) is 8.92. The van der Waals surface area contributed by atoms with Crippen LogP contribution in [-0.4, -0.2) is 48.9 Å². The molecule has 0 spiro atoms. The van der Waals surface area contributed by atoms with Gasteiger partial charge in [-0.3, -0.25) is 14.4 Å². The number of benzene rings is 4. The molecule has 2 aliphatic rings. The van der Waals surface area contributed by atoms with Crippen LogP contribution in [-0.2, 0) is 19.4 Å². The Labute approximate surface area is 254 Å². The van der Waals surface area contributed by atoms with E-state index in [1.807, 2.05) is 0 Å². The fourth-order valence-corrected chi connectivity index (χ4v) is 6.57. The maximum absolute atomic E-state index is 13.8. The smallest absolute Gasteiger partial charge is 0.278 e. The zero-order valence-electron chi connectivity index (χ0n) is 23.4. The Balaban J connectivity index is 1.50. The van der Waals surface area contributed by atoms with Gasteiger partial charge in [-0.2, -0.15) is 5.10 Å². The number of aromatic nitrogens is 2. The number of phenols is 4. The first kappa shape index (κ1) is 27.5. The van der Waals surface area contributed by atoms with Gasteiger partial charge in [0.05, 0.1) is 41.9 Å². The maximum atomic E-state index is 13.8. The lowest BCUT2D eigenvalue weighted by molar-refractivity contribution is 0.0971. The summed E-state index contributed by atoms with van der Waals surface area (Å²) in [4.78, 5) is 41.3. The molecule has 1 heterocycles. The van der Waals surface area contributed by atoms with Gasteiger partial charge in [-0.05, 0) is 49.1 Å². The summed E-state index contributed by atoms with van der Waals surface area (Å²) in [5.74, 6) is -3.51. The number of fused-ring (bicyclic) bond motifs is 6. The van der Waals surface area contributed by atoms with Gasteiger partial charge in [0, 0.05) is 38.2 Å². The van der Waals surface area contributed by atoms with Crippen molar-refractivity contribution in [2.45, 2.75) is 26.3 Å². The molecule has 10 nitrogen and oxygen atoms in total. The van der Waals surface area contributed by atoms with Crippen LogP contribution in [0.2, 0.25) is 5.02 Å². The minimum Gasteiger partial charge on any atom is -0.508 e. The number of carbonyl (C=O) groups excluding carboxylic acids is 2. The van der Waals surface area contributed by atoms with Crippen LogP contribution in [0.3, 0.4) is 0 Å². The monoisotopic (exact) mass is 610 g/mol. The van der Waals surface area contributed by atoms with Gasteiger partial charge in [-0.25, -0.2) is 4.68 Å². The number of aryl methyl sites for hydroxylation is 1. The lowest BCUT2D eigenvalue weighted by Crippen LogP contribution is -2.25. The molecule has 0 unspecified atom stereocenters. The van der Waals surface area contributed by atoms with Crippen LogP contribution in [0.5, 0.6) is 28.7 Å². The Morgan fingerprint density at radius 3 is 2.36 bits per heavy atom. The number of halogens is 1. The first-order chi connectivity index (χ1) is 21.0. The number of ether oxygens (including phenoxy) is 1. The van der Waals surface area contributed by atoms with Crippen LogP contribution in [0.4, 0.5) is 0 Å². The fourth-order valence-electron chi connectivity index (χ4n) is 6.38. The van der Waals surface area contributed by atoms with E-state index in [-0.39, 0.29) is 63.0 Å². The Kier molecular flexibility index (Phi) is 5.98. The molecule has 0 amide bonds. The van der Waals surface area contributed by atoms with E-state index in [0.29, 0.717) is 33.5 Å². The van der Waals surface area contributed by atoms with Crippen LogP contribution < -0.4 is 10.3 Å². The van der Waals surface area contributed by atoms with Crippen molar-refractivity contribution >= 4 is 33.9 Å². The molecule has 0 saturated heterocycles. The summed E-state index contributed by atoms with van der Waals surface area (Å²) >= 11 is 6.30. The maximum Gasteiger partial charge on any atom is 0.278 e. The van der Waals surface area contributed by atoms with Crippen molar-refractivity contribution in [2.75, 3.05) is 7.11 Å². The summed E-state index contributed by atoms with van der Waals surface area (Å²) in [7, 11) is 1.32. The quantitative estimate of drug-likeness (QED) is 0.221. The molecule has 0 saturated carbocycles. The van der Waals surface area contributed by atoms with Crippen molar-refractivity contribution in [3.63, 3.8) is 0 Å². The molecule has 220 valence electrons. The highest BCUT2D eigenvalue weighted by molar-refractivity contribution is 6.32.